The van der Waals surface area contributed by atoms with Gasteiger partial charge < -0.3 is 19.1 Å². The van der Waals surface area contributed by atoms with Gasteiger partial charge in [0.2, 0.25) is 11.7 Å². The first-order valence-corrected chi connectivity index (χ1v) is 9.46. The smallest absolute Gasteiger partial charge is 0.246 e. The number of amides is 1. The molecule has 0 aromatic heterocycles. The molecule has 142 valence electrons. The van der Waals surface area contributed by atoms with Gasteiger partial charge in [0.05, 0.1) is 21.3 Å². The van der Waals surface area contributed by atoms with Gasteiger partial charge in [0.25, 0.3) is 0 Å². The van der Waals surface area contributed by atoms with Gasteiger partial charge >= 0.3 is 0 Å². The zero-order chi connectivity index (χ0) is 18.5. The number of fused-ring (bicyclic) bond motifs is 1. The summed E-state index contributed by atoms with van der Waals surface area (Å²) in [6, 6.07) is 4.13. The van der Waals surface area contributed by atoms with Crippen LogP contribution in [0.15, 0.2) is 18.2 Å². The molecule has 2 atom stereocenters. The molecule has 1 aliphatic carbocycles. The van der Waals surface area contributed by atoms with E-state index in [1.54, 1.807) is 27.4 Å². The lowest BCUT2D eigenvalue weighted by Gasteiger charge is -2.43. The Kier molecular flexibility index (Phi) is 6.07. The standard InChI is InChI=1S/C21H29NO4/c1-24-18-13-15(14-19(25-2)21(18)26-3)10-11-20(23)22-12-6-8-16-7-4-5-9-17(16)22/h10-11,13-14,16-17H,4-9,12H2,1-3H3/b11-10+. The van der Waals surface area contributed by atoms with Crippen molar-refractivity contribution in [1.29, 1.82) is 0 Å². The average molecular weight is 359 g/mol. The lowest BCUT2D eigenvalue weighted by atomic mass is 9.78. The van der Waals surface area contributed by atoms with Crippen LogP contribution in [0.1, 0.15) is 44.1 Å². The van der Waals surface area contributed by atoms with Gasteiger partial charge in [0, 0.05) is 18.7 Å². The summed E-state index contributed by atoms with van der Waals surface area (Å²) in [4.78, 5) is 14.9. The van der Waals surface area contributed by atoms with E-state index >= 15 is 0 Å². The first kappa shape index (κ1) is 18.6. The highest BCUT2D eigenvalue weighted by Gasteiger charge is 2.34. The monoisotopic (exact) mass is 359 g/mol. The molecular formula is C21H29NO4. The van der Waals surface area contributed by atoms with E-state index < -0.39 is 0 Å². The molecule has 2 fully saturated rings. The van der Waals surface area contributed by atoms with Crippen molar-refractivity contribution in [3.05, 3.63) is 23.8 Å². The number of ether oxygens (including phenoxy) is 3. The van der Waals surface area contributed by atoms with Crippen molar-refractivity contribution < 1.29 is 19.0 Å². The van der Waals surface area contributed by atoms with Crippen LogP contribution in [0.3, 0.4) is 0 Å². The number of carbonyl (C=O) groups is 1. The van der Waals surface area contributed by atoms with Crippen molar-refractivity contribution >= 4 is 12.0 Å². The van der Waals surface area contributed by atoms with Gasteiger partial charge in [-0.25, -0.2) is 0 Å². The maximum atomic E-state index is 12.8. The molecule has 1 aromatic carbocycles. The van der Waals surface area contributed by atoms with Gasteiger partial charge in [-0.2, -0.15) is 0 Å². The van der Waals surface area contributed by atoms with Crippen molar-refractivity contribution in [2.75, 3.05) is 27.9 Å². The maximum Gasteiger partial charge on any atom is 0.246 e. The summed E-state index contributed by atoms with van der Waals surface area (Å²) in [6.07, 6.45) is 10.9. The molecule has 1 saturated heterocycles. The number of hydrogen-bond acceptors (Lipinski definition) is 4. The fourth-order valence-electron chi connectivity index (χ4n) is 4.36. The molecule has 1 aromatic rings. The SMILES string of the molecule is COc1cc(/C=C/C(=O)N2CCCC3CCCCC32)cc(OC)c1OC. The fourth-order valence-corrected chi connectivity index (χ4v) is 4.36. The van der Waals surface area contributed by atoms with E-state index in [1.165, 1.54) is 25.7 Å². The molecule has 0 spiro atoms. The van der Waals surface area contributed by atoms with E-state index in [9.17, 15) is 4.79 Å². The molecule has 2 aliphatic rings. The number of methoxy groups -OCH3 is 3. The number of rotatable bonds is 5. The van der Waals surface area contributed by atoms with Gasteiger partial charge in [-0.3, -0.25) is 4.79 Å². The highest BCUT2D eigenvalue weighted by molar-refractivity contribution is 5.92. The van der Waals surface area contributed by atoms with Crippen molar-refractivity contribution in [3.8, 4) is 17.2 Å². The summed E-state index contributed by atoms with van der Waals surface area (Å²) in [5.41, 5.74) is 0.852. The van der Waals surface area contributed by atoms with E-state index in [4.69, 9.17) is 14.2 Å². The van der Waals surface area contributed by atoms with E-state index in [1.807, 2.05) is 18.2 Å². The molecule has 1 amide bonds. The van der Waals surface area contributed by atoms with Crippen LogP contribution in [-0.4, -0.2) is 44.7 Å². The molecule has 26 heavy (non-hydrogen) atoms. The quantitative estimate of drug-likeness (QED) is 0.748. The summed E-state index contributed by atoms with van der Waals surface area (Å²) in [7, 11) is 4.76. The number of likely N-dealkylation sites (tertiary alicyclic amines) is 1. The summed E-state index contributed by atoms with van der Waals surface area (Å²) in [5, 5.41) is 0. The second-order valence-corrected chi connectivity index (χ2v) is 7.08. The Hall–Kier alpha value is -2.17. The van der Waals surface area contributed by atoms with Crippen LogP contribution in [0.2, 0.25) is 0 Å². The average Bonchev–Trinajstić information content (AvgIpc) is 2.70. The topological polar surface area (TPSA) is 48.0 Å². The van der Waals surface area contributed by atoms with Crippen LogP contribution < -0.4 is 14.2 Å². The maximum absolute atomic E-state index is 12.8. The predicted molar refractivity (Wildman–Crippen MR) is 102 cm³/mol. The van der Waals surface area contributed by atoms with Crippen molar-refractivity contribution in [1.82, 2.24) is 4.90 Å². The Bertz CT molecular complexity index is 643. The number of hydrogen-bond donors (Lipinski definition) is 0. The van der Waals surface area contributed by atoms with Crippen LogP contribution in [0.4, 0.5) is 0 Å². The minimum Gasteiger partial charge on any atom is -0.493 e. The van der Waals surface area contributed by atoms with Gasteiger partial charge in [-0.15, -0.1) is 0 Å². The molecule has 1 saturated carbocycles. The number of nitrogens with zero attached hydrogens (tertiary/aromatic N) is 1. The van der Waals surface area contributed by atoms with E-state index in [-0.39, 0.29) is 5.91 Å². The molecule has 1 heterocycles. The van der Waals surface area contributed by atoms with Gasteiger partial charge in [0.15, 0.2) is 11.5 Å². The lowest BCUT2D eigenvalue weighted by Crippen LogP contribution is -2.49. The summed E-state index contributed by atoms with van der Waals surface area (Å²) >= 11 is 0. The van der Waals surface area contributed by atoms with Crippen LogP contribution in [0, 0.1) is 5.92 Å². The van der Waals surface area contributed by atoms with Gasteiger partial charge in [0.1, 0.15) is 0 Å². The minimum absolute atomic E-state index is 0.107. The third kappa shape index (κ3) is 3.81. The van der Waals surface area contributed by atoms with Gasteiger partial charge in [-0.05, 0) is 55.4 Å². The summed E-state index contributed by atoms with van der Waals surface area (Å²) in [6.45, 7) is 0.875. The molecule has 0 radical (unpaired) electrons. The lowest BCUT2D eigenvalue weighted by molar-refractivity contribution is -0.132. The van der Waals surface area contributed by atoms with Crippen LogP contribution in [0.5, 0.6) is 17.2 Å². The summed E-state index contributed by atoms with van der Waals surface area (Å²) < 4.78 is 16.1. The molecule has 5 nitrogen and oxygen atoms in total. The first-order valence-electron chi connectivity index (χ1n) is 9.46. The third-order valence-corrected chi connectivity index (χ3v) is 5.63. The zero-order valence-corrected chi connectivity index (χ0v) is 16.0. The Labute approximate surface area is 155 Å². The molecule has 0 bridgehead atoms. The van der Waals surface area contributed by atoms with Crippen molar-refractivity contribution in [2.24, 2.45) is 5.92 Å². The Morgan fingerprint density at radius 2 is 1.65 bits per heavy atom. The molecular weight excluding hydrogens is 330 g/mol. The predicted octanol–water partition coefficient (Wildman–Crippen LogP) is 3.91. The Morgan fingerprint density at radius 1 is 1.00 bits per heavy atom. The highest BCUT2D eigenvalue weighted by Crippen LogP contribution is 2.39. The Morgan fingerprint density at radius 3 is 2.31 bits per heavy atom. The number of carbonyl (C=O) groups excluding carboxylic acids is 1. The van der Waals surface area contributed by atoms with E-state index in [0.29, 0.717) is 29.2 Å². The minimum atomic E-state index is 0.107. The van der Waals surface area contributed by atoms with Crippen molar-refractivity contribution in [3.63, 3.8) is 0 Å². The Balaban J connectivity index is 1.77. The van der Waals surface area contributed by atoms with Crippen LogP contribution in [-0.2, 0) is 4.79 Å². The van der Waals surface area contributed by atoms with Gasteiger partial charge in [-0.1, -0.05) is 12.8 Å². The molecule has 3 rings (SSSR count). The summed E-state index contributed by atoms with van der Waals surface area (Å²) in [5.74, 6) is 2.53. The largest absolute Gasteiger partial charge is 0.493 e. The van der Waals surface area contributed by atoms with E-state index in [0.717, 1.165) is 24.9 Å². The van der Waals surface area contributed by atoms with Crippen molar-refractivity contribution in [2.45, 2.75) is 44.6 Å². The molecule has 5 heteroatoms. The van der Waals surface area contributed by atoms with Crippen LogP contribution >= 0.6 is 0 Å². The normalized spacial score (nSPS) is 22.8. The van der Waals surface area contributed by atoms with E-state index in [2.05, 4.69) is 4.90 Å². The molecule has 0 N–H and O–H groups in total. The second kappa shape index (κ2) is 8.47. The molecule has 1 aliphatic heterocycles. The number of piperidine rings is 1. The first-order chi connectivity index (χ1) is 12.7. The third-order valence-electron chi connectivity index (χ3n) is 5.63. The molecule has 2 unspecified atom stereocenters. The van der Waals surface area contributed by atoms with Crippen LogP contribution in [0.25, 0.3) is 6.08 Å². The zero-order valence-electron chi connectivity index (χ0n) is 16.0. The highest BCUT2D eigenvalue weighted by atomic mass is 16.5. The second-order valence-electron chi connectivity index (χ2n) is 7.08. The number of benzene rings is 1. The fraction of sp³-hybridized carbons (Fsp3) is 0.571.